The molecule has 0 saturated heterocycles. The van der Waals surface area contributed by atoms with E-state index in [-0.39, 0.29) is 11.5 Å². The predicted molar refractivity (Wildman–Crippen MR) is 65.2 cm³/mol. The Morgan fingerprint density at radius 2 is 2.06 bits per heavy atom. The van der Waals surface area contributed by atoms with Gasteiger partial charge in [-0.3, -0.25) is 4.72 Å². The minimum absolute atomic E-state index is 0.0932. The van der Waals surface area contributed by atoms with Crippen LogP contribution < -0.4 is 4.72 Å². The number of nitrogens with one attached hydrogen (secondary N) is 1. The summed E-state index contributed by atoms with van der Waals surface area (Å²) < 4.78 is 25.7. The molecule has 0 spiro atoms. The van der Waals surface area contributed by atoms with Crippen LogP contribution in [0.25, 0.3) is 0 Å². The van der Waals surface area contributed by atoms with Crippen LogP contribution in [0.5, 0.6) is 5.75 Å². The lowest BCUT2D eigenvalue weighted by atomic mass is 10.2. The summed E-state index contributed by atoms with van der Waals surface area (Å²) in [6.07, 6.45) is 1.47. The number of benzene rings is 1. The van der Waals surface area contributed by atoms with Crippen molar-refractivity contribution >= 4 is 15.7 Å². The van der Waals surface area contributed by atoms with Crippen molar-refractivity contribution in [2.24, 2.45) is 0 Å². The van der Waals surface area contributed by atoms with Crippen LogP contribution in [0.15, 0.2) is 18.2 Å². The Morgan fingerprint density at radius 3 is 2.69 bits per heavy atom. The van der Waals surface area contributed by atoms with Crippen LogP contribution in [0.1, 0.15) is 25.3 Å². The van der Waals surface area contributed by atoms with Gasteiger partial charge in [-0.2, -0.15) is 0 Å². The highest BCUT2D eigenvalue weighted by Crippen LogP contribution is 2.24. The van der Waals surface area contributed by atoms with Gasteiger partial charge in [-0.05, 0) is 25.5 Å². The van der Waals surface area contributed by atoms with Gasteiger partial charge in [0.2, 0.25) is 10.0 Å². The highest BCUT2D eigenvalue weighted by atomic mass is 32.2. The molecule has 0 fully saturated rings. The van der Waals surface area contributed by atoms with E-state index in [2.05, 4.69) is 4.72 Å². The zero-order valence-electron chi connectivity index (χ0n) is 9.53. The summed E-state index contributed by atoms with van der Waals surface area (Å²) in [5.74, 6) is 0.203. The number of unbranched alkanes of at least 4 members (excludes halogenated alkanes) is 1. The van der Waals surface area contributed by atoms with Crippen molar-refractivity contribution in [3.05, 3.63) is 23.8 Å². The van der Waals surface area contributed by atoms with E-state index in [4.69, 9.17) is 0 Å². The van der Waals surface area contributed by atoms with E-state index in [1.807, 2.05) is 6.92 Å². The molecule has 0 atom stereocenters. The molecule has 16 heavy (non-hydrogen) atoms. The molecule has 0 aliphatic rings. The number of anilines is 1. The number of phenolic OH excluding ortho intramolecular Hbond substituents is 1. The van der Waals surface area contributed by atoms with Crippen LogP contribution >= 0.6 is 0 Å². The molecule has 0 saturated carbocycles. The minimum Gasteiger partial charge on any atom is -0.508 e. The van der Waals surface area contributed by atoms with Gasteiger partial charge >= 0.3 is 0 Å². The van der Waals surface area contributed by atoms with E-state index in [1.54, 1.807) is 19.1 Å². The second-order valence-electron chi connectivity index (χ2n) is 3.72. The highest BCUT2D eigenvalue weighted by Gasteiger charge is 2.12. The molecule has 5 heteroatoms. The molecule has 0 heterocycles. The van der Waals surface area contributed by atoms with E-state index in [1.165, 1.54) is 6.07 Å². The lowest BCUT2D eigenvalue weighted by molar-refractivity contribution is 0.471. The third kappa shape index (κ3) is 3.41. The fourth-order valence-electron chi connectivity index (χ4n) is 1.29. The van der Waals surface area contributed by atoms with Crippen molar-refractivity contribution < 1.29 is 13.5 Å². The van der Waals surface area contributed by atoms with Gasteiger partial charge < -0.3 is 5.11 Å². The Labute approximate surface area is 96.4 Å². The van der Waals surface area contributed by atoms with Gasteiger partial charge in [0.05, 0.1) is 11.4 Å². The Morgan fingerprint density at radius 1 is 1.38 bits per heavy atom. The predicted octanol–water partition coefficient (Wildman–Crippen LogP) is 2.24. The molecule has 0 amide bonds. The van der Waals surface area contributed by atoms with Crippen molar-refractivity contribution in [3.8, 4) is 5.75 Å². The Hall–Kier alpha value is -1.23. The maximum Gasteiger partial charge on any atom is 0.232 e. The first-order valence-electron chi connectivity index (χ1n) is 5.25. The number of aromatic hydroxyl groups is 1. The first-order valence-corrected chi connectivity index (χ1v) is 6.90. The van der Waals surface area contributed by atoms with E-state index >= 15 is 0 Å². The number of rotatable bonds is 5. The van der Waals surface area contributed by atoms with Crippen LogP contribution in [-0.4, -0.2) is 19.3 Å². The topological polar surface area (TPSA) is 66.4 Å². The standard InChI is InChI=1S/C11H17NO3S/c1-3-4-8-16(14,15)12-10-6-5-7-11(13)9(10)2/h5-7,12-13H,3-4,8H2,1-2H3. The van der Waals surface area contributed by atoms with E-state index < -0.39 is 10.0 Å². The number of phenols is 1. The Kier molecular flexibility index (Phi) is 4.18. The number of hydrogen-bond acceptors (Lipinski definition) is 3. The fraction of sp³-hybridized carbons (Fsp3) is 0.455. The van der Waals surface area contributed by atoms with Crippen LogP contribution in [0, 0.1) is 6.92 Å². The number of sulfonamides is 1. The summed E-state index contributed by atoms with van der Waals surface area (Å²) in [6.45, 7) is 3.61. The monoisotopic (exact) mass is 243 g/mol. The van der Waals surface area contributed by atoms with Crippen molar-refractivity contribution in [3.63, 3.8) is 0 Å². The van der Waals surface area contributed by atoms with Crippen LogP contribution in [0.3, 0.4) is 0 Å². The average molecular weight is 243 g/mol. The van der Waals surface area contributed by atoms with Gasteiger partial charge in [-0.1, -0.05) is 19.4 Å². The summed E-state index contributed by atoms with van der Waals surface area (Å²) in [5, 5.41) is 9.44. The zero-order chi connectivity index (χ0) is 12.2. The molecule has 0 aliphatic carbocycles. The normalized spacial score (nSPS) is 11.4. The van der Waals surface area contributed by atoms with Crippen molar-refractivity contribution in [2.45, 2.75) is 26.7 Å². The summed E-state index contributed by atoms with van der Waals surface area (Å²) >= 11 is 0. The van der Waals surface area contributed by atoms with Gasteiger partial charge in [0.25, 0.3) is 0 Å². The summed E-state index contributed by atoms with van der Waals surface area (Å²) in [4.78, 5) is 0. The highest BCUT2D eigenvalue weighted by molar-refractivity contribution is 7.92. The molecular weight excluding hydrogens is 226 g/mol. The van der Waals surface area contributed by atoms with E-state index in [0.717, 1.165) is 6.42 Å². The SMILES string of the molecule is CCCCS(=O)(=O)Nc1cccc(O)c1C. The van der Waals surface area contributed by atoms with Crippen LogP contribution in [0.2, 0.25) is 0 Å². The quantitative estimate of drug-likeness (QED) is 0.833. The van der Waals surface area contributed by atoms with Gasteiger partial charge in [-0.25, -0.2) is 8.42 Å². The molecule has 0 aliphatic heterocycles. The molecule has 0 unspecified atom stereocenters. The Balaban J connectivity index is 2.84. The van der Waals surface area contributed by atoms with Crippen molar-refractivity contribution in [2.75, 3.05) is 10.5 Å². The third-order valence-electron chi connectivity index (χ3n) is 2.34. The van der Waals surface area contributed by atoms with E-state index in [0.29, 0.717) is 17.7 Å². The second-order valence-corrected chi connectivity index (χ2v) is 5.57. The summed E-state index contributed by atoms with van der Waals surface area (Å²) in [5.41, 5.74) is 0.985. The second kappa shape index (κ2) is 5.21. The molecule has 1 aromatic carbocycles. The van der Waals surface area contributed by atoms with Gasteiger partial charge in [0.1, 0.15) is 5.75 Å². The van der Waals surface area contributed by atoms with E-state index in [9.17, 15) is 13.5 Å². The molecule has 90 valence electrons. The first-order chi connectivity index (χ1) is 7.46. The molecule has 1 aromatic rings. The molecular formula is C11H17NO3S. The van der Waals surface area contributed by atoms with Gasteiger partial charge in [0, 0.05) is 5.56 Å². The number of hydrogen-bond donors (Lipinski definition) is 2. The lowest BCUT2D eigenvalue weighted by Crippen LogP contribution is -2.17. The fourth-order valence-corrected chi connectivity index (χ4v) is 2.61. The van der Waals surface area contributed by atoms with Gasteiger partial charge in [0.15, 0.2) is 0 Å². The average Bonchev–Trinajstić information content (AvgIpc) is 2.22. The molecule has 2 N–H and O–H groups in total. The largest absolute Gasteiger partial charge is 0.508 e. The summed E-state index contributed by atoms with van der Waals surface area (Å²) in [6, 6.07) is 4.78. The summed E-state index contributed by atoms with van der Waals surface area (Å²) in [7, 11) is -3.30. The van der Waals surface area contributed by atoms with Crippen molar-refractivity contribution in [1.82, 2.24) is 0 Å². The molecule has 1 rings (SSSR count). The molecule has 0 bridgehead atoms. The lowest BCUT2D eigenvalue weighted by Gasteiger charge is -2.10. The smallest absolute Gasteiger partial charge is 0.232 e. The van der Waals surface area contributed by atoms with Crippen LogP contribution in [-0.2, 0) is 10.0 Å². The minimum atomic E-state index is -3.30. The van der Waals surface area contributed by atoms with Crippen molar-refractivity contribution in [1.29, 1.82) is 0 Å². The zero-order valence-corrected chi connectivity index (χ0v) is 10.3. The maximum absolute atomic E-state index is 11.6. The Bertz CT molecular complexity index is 454. The third-order valence-corrected chi connectivity index (χ3v) is 3.69. The maximum atomic E-state index is 11.6. The molecule has 0 radical (unpaired) electrons. The van der Waals surface area contributed by atoms with Gasteiger partial charge in [-0.15, -0.1) is 0 Å². The molecule has 4 nitrogen and oxygen atoms in total. The molecule has 0 aromatic heterocycles. The van der Waals surface area contributed by atoms with Crippen LogP contribution in [0.4, 0.5) is 5.69 Å². The first kappa shape index (κ1) is 12.8.